The molecule has 2 aliphatic rings. The van der Waals surface area contributed by atoms with Crippen LogP contribution in [0.3, 0.4) is 0 Å². The number of piperidine rings is 1. The molecule has 0 aliphatic carbocycles. The molecule has 0 saturated carbocycles. The van der Waals surface area contributed by atoms with Crippen LogP contribution in [0, 0.1) is 5.92 Å². The van der Waals surface area contributed by atoms with Gasteiger partial charge in [0, 0.05) is 25.7 Å². The molecule has 0 aromatic carbocycles. The molecule has 1 N–H and O–H groups in total. The van der Waals surface area contributed by atoms with Crippen molar-refractivity contribution in [1.82, 2.24) is 9.80 Å². The standard InChI is InChI=1S/C15H28N2O2/c1-3-14-6-4-5-8-17(14)15(19)12(2)16-9-7-13(10-16)11-18/h12-14,18H,3-11H2,1-2H3. The molecule has 0 aromatic rings. The Balaban J connectivity index is 1.94. The van der Waals surface area contributed by atoms with Gasteiger partial charge in [-0.25, -0.2) is 0 Å². The third-order valence-corrected chi connectivity index (χ3v) is 4.86. The average Bonchev–Trinajstić information content (AvgIpc) is 2.94. The number of aliphatic hydroxyl groups excluding tert-OH is 1. The molecule has 1 amide bonds. The monoisotopic (exact) mass is 268 g/mol. The zero-order valence-corrected chi connectivity index (χ0v) is 12.3. The molecule has 19 heavy (non-hydrogen) atoms. The maximum Gasteiger partial charge on any atom is 0.239 e. The largest absolute Gasteiger partial charge is 0.396 e. The number of carbonyl (C=O) groups excluding carboxylic acids is 1. The SMILES string of the molecule is CCC1CCCCN1C(=O)C(C)N1CCC(CO)C1. The second-order valence-corrected chi connectivity index (χ2v) is 6.10. The van der Waals surface area contributed by atoms with Crippen LogP contribution < -0.4 is 0 Å². The fourth-order valence-corrected chi connectivity index (χ4v) is 3.47. The summed E-state index contributed by atoms with van der Waals surface area (Å²) in [5.41, 5.74) is 0. The molecule has 2 rings (SSSR count). The molecule has 3 unspecified atom stereocenters. The first kappa shape index (κ1) is 14.8. The molecule has 0 aromatic heterocycles. The van der Waals surface area contributed by atoms with Gasteiger partial charge in [-0.1, -0.05) is 6.92 Å². The maximum absolute atomic E-state index is 12.7. The Kier molecular flexibility index (Phi) is 5.22. The Hall–Kier alpha value is -0.610. The second-order valence-electron chi connectivity index (χ2n) is 6.10. The van der Waals surface area contributed by atoms with Gasteiger partial charge in [0.1, 0.15) is 0 Å². The van der Waals surface area contributed by atoms with Crippen LogP contribution in [0.4, 0.5) is 0 Å². The van der Waals surface area contributed by atoms with Crippen molar-refractivity contribution in [2.75, 3.05) is 26.2 Å². The van der Waals surface area contributed by atoms with Crippen LogP contribution in [-0.2, 0) is 4.79 Å². The summed E-state index contributed by atoms with van der Waals surface area (Å²) in [7, 11) is 0. The number of hydrogen-bond donors (Lipinski definition) is 1. The van der Waals surface area contributed by atoms with Crippen LogP contribution >= 0.6 is 0 Å². The van der Waals surface area contributed by atoms with E-state index in [1.54, 1.807) is 0 Å². The molecular formula is C15H28N2O2. The lowest BCUT2D eigenvalue weighted by Crippen LogP contribution is -2.51. The van der Waals surface area contributed by atoms with Gasteiger partial charge in [0.2, 0.25) is 5.91 Å². The lowest BCUT2D eigenvalue weighted by Gasteiger charge is -2.38. The van der Waals surface area contributed by atoms with E-state index < -0.39 is 0 Å². The molecule has 2 aliphatic heterocycles. The highest BCUT2D eigenvalue weighted by Gasteiger charge is 2.34. The van der Waals surface area contributed by atoms with E-state index in [9.17, 15) is 9.90 Å². The van der Waals surface area contributed by atoms with E-state index >= 15 is 0 Å². The van der Waals surface area contributed by atoms with E-state index in [4.69, 9.17) is 0 Å². The lowest BCUT2D eigenvalue weighted by molar-refractivity contribution is -0.140. The predicted octanol–water partition coefficient (Wildman–Crippen LogP) is 1.48. The van der Waals surface area contributed by atoms with E-state index in [-0.39, 0.29) is 12.6 Å². The topological polar surface area (TPSA) is 43.8 Å². The van der Waals surface area contributed by atoms with Crippen molar-refractivity contribution >= 4 is 5.91 Å². The molecule has 3 atom stereocenters. The highest BCUT2D eigenvalue weighted by Crippen LogP contribution is 2.23. The maximum atomic E-state index is 12.7. The Morgan fingerprint density at radius 1 is 1.32 bits per heavy atom. The molecule has 4 heteroatoms. The molecule has 2 fully saturated rings. The van der Waals surface area contributed by atoms with Crippen LogP contribution in [-0.4, -0.2) is 59.1 Å². The predicted molar refractivity (Wildman–Crippen MR) is 75.9 cm³/mol. The molecule has 4 nitrogen and oxygen atoms in total. The second kappa shape index (κ2) is 6.71. The quantitative estimate of drug-likeness (QED) is 0.840. The first-order chi connectivity index (χ1) is 9.17. The molecule has 2 heterocycles. The first-order valence-corrected chi connectivity index (χ1v) is 7.82. The first-order valence-electron chi connectivity index (χ1n) is 7.82. The lowest BCUT2D eigenvalue weighted by atomic mass is 9.99. The number of rotatable bonds is 4. The zero-order valence-electron chi connectivity index (χ0n) is 12.3. The molecule has 2 saturated heterocycles. The fraction of sp³-hybridized carbons (Fsp3) is 0.933. The van der Waals surface area contributed by atoms with Crippen molar-refractivity contribution in [2.24, 2.45) is 5.92 Å². The van der Waals surface area contributed by atoms with Gasteiger partial charge in [0.25, 0.3) is 0 Å². The minimum Gasteiger partial charge on any atom is -0.396 e. The molecule has 110 valence electrons. The van der Waals surface area contributed by atoms with E-state index in [2.05, 4.69) is 16.7 Å². The van der Waals surface area contributed by atoms with Crippen LogP contribution in [0.25, 0.3) is 0 Å². The third-order valence-electron chi connectivity index (χ3n) is 4.86. The normalized spacial score (nSPS) is 30.6. The Labute approximate surface area is 116 Å². The number of aliphatic hydroxyl groups is 1. The summed E-state index contributed by atoms with van der Waals surface area (Å²) in [5, 5.41) is 9.21. The highest BCUT2D eigenvalue weighted by molar-refractivity contribution is 5.82. The zero-order chi connectivity index (χ0) is 13.8. The average molecular weight is 268 g/mol. The van der Waals surface area contributed by atoms with Crippen molar-refractivity contribution in [3.63, 3.8) is 0 Å². The van der Waals surface area contributed by atoms with Gasteiger partial charge in [-0.2, -0.15) is 0 Å². The van der Waals surface area contributed by atoms with Crippen molar-refractivity contribution in [2.45, 2.75) is 58.0 Å². The van der Waals surface area contributed by atoms with Crippen molar-refractivity contribution in [1.29, 1.82) is 0 Å². The van der Waals surface area contributed by atoms with Crippen LogP contribution in [0.15, 0.2) is 0 Å². The summed E-state index contributed by atoms with van der Waals surface area (Å²) >= 11 is 0. The van der Waals surface area contributed by atoms with E-state index in [0.29, 0.717) is 17.9 Å². The van der Waals surface area contributed by atoms with Crippen molar-refractivity contribution in [3.05, 3.63) is 0 Å². The number of likely N-dealkylation sites (tertiary alicyclic amines) is 2. The summed E-state index contributed by atoms with van der Waals surface area (Å²) in [4.78, 5) is 17.0. The van der Waals surface area contributed by atoms with Gasteiger partial charge in [-0.05, 0) is 51.5 Å². The molecular weight excluding hydrogens is 240 g/mol. The molecule has 0 spiro atoms. The van der Waals surface area contributed by atoms with Crippen molar-refractivity contribution < 1.29 is 9.90 Å². The minimum absolute atomic E-state index is 0.0244. The van der Waals surface area contributed by atoms with Gasteiger partial charge in [0.05, 0.1) is 6.04 Å². The van der Waals surface area contributed by atoms with Gasteiger partial charge < -0.3 is 10.0 Å². The van der Waals surface area contributed by atoms with Crippen molar-refractivity contribution in [3.8, 4) is 0 Å². The van der Waals surface area contributed by atoms with Gasteiger partial charge in [-0.15, -0.1) is 0 Å². The third kappa shape index (κ3) is 3.29. The molecule has 0 radical (unpaired) electrons. The Bertz CT molecular complexity index is 309. The van der Waals surface area contributed by atoms with Crippen LogP contribution in [0.2, 0.25) is 0 Å². The van der Waals surface area contributed by atoms with Gasteiger partial charge >= 0.3 is 0 Å². The summed E-state index contributed by atoms with van der Waals surface area (Å²) in [5.74, 6) is 0.656. The highest BCUT2D eigenvalue weighted by atomic mass is 16.3. The van der Waals surface area contributed by atoms with E-state index in [1.807, 2.05) is 6.92 Å². The summed E-state index contributed by atoms with van der Waals surface area (Å²) < 4.78 is 0. The minimum atomic E-state index is -0.0244. The fourth-order valence-electron chi connectivity index (χ4n) is 3.47. The van der Waals surface area contributed by atoms with Crippen LogP contribution in [0.1, 0.15) is 46.0 Å². The number of carbonyl (C=O) groups is 1. The number of nitrogens with zero attached hydrogens (tertiary/aromatic N) is 2. The van der Waals surface area contributed by atoms with Gasteiger partial charge in [-0.3, -0.25) is 9.69 Å². The summed E-state index contributed by atoms with van der Waals surface area (Å²) in [6.07, 6.45) is 5.65. The number of amides is 1. The summed E-state index contributed by atoms with van der Waals surface area (Å²) in [6, 6.07) is 0.420. The van der Waals surface area contributed by atoms with Gasteiger partial charge in [0.15, 0.2) is 0 Å². The number of hydrogen-bond acceptors (Lipinski definition) is 3. The summed E-state index contributed by atoms with van der Waals surface area (Å²) in [6.45, 7) is 7.20. The van der Waals surface area contributed by atoms with E-state index in [0.717, 1.165) is 45.3 Å². The van der Waals surface area contributed by atoms with Crippen LogP contribution in [0.5, 0.6) is 0 Å². The Morgan fingerprint density at radius 2 is 2.11 bits per heavy atom. The Morgan fingerprint density at radius 3 is 2.74 bits per heavy atom. The smallest absolute Gasteiger partial charge is 0.239 e. The molecule has 0 bridgehead atoms. The van der Waals surface area contributed by atoms with E-state index in [1.165, 1.54) is 6.42 Å².